The van der Waals surface area contributed by atoms with Crippen molar-refractivity contribution in [1.29, 1.82) is 0 Å². The van der Waals surface area contributed by atoms with Crippen LogP contribution in [0, 0.1) is 0 Å². The van der Waals surface area contributed by atoms with Crippen molar-refractivity contribution in [2.75, 3.05) is 0 Å². The molecule has 3 heteroatoms. The molecule has 1 N–H and O–H groups in total. The average molecular weight is 209 g/mol. The van der Waals surface area contributed by atoms with Crippen LogP contribution in [0.15, 0.2) is 29.1 Å². The number of hydrogen-bond donors (Lipinski definition) is 2. The Balaban J connectivity index is 0.000000149. The van der Waals surface area contributed by atoms with E-state index >= 15 is 0 Å². The summed E-state index contributed by atoms with van der Waals surface area (Å²) in [6.07, 6.45) is 0. The fourth-order valence-corrected chi connectivity index (χ4v) is 0.833. The number of hydrogen-bond acceptors (Lipinski definition) is 3. The van der Waals surface area contributed by atoms with Crippen LogP contribution in [0.25, 0.3) is 10.8 Å². The molecule has 0 radical (unpaired) electrons. The molecular formula is C11H15NOS. The Morgan fingerprint density at radius 2 is 1.50 bits per heavy atom. The molecule has 0 heterocycles. The predicted molar refractivity (Wildman–Crippen MR) is 64.5 cm³/mol. The molecule has 14 heavy (non-hydrogen) atoms. The SMILES string of the molecule is CC(C)(C)NS.O=c1c2ccccc12. The topological polar surface area (TPSA) is 29.1 Å². The summed E-state index contributed by atoms with van der Waals surface area (Å²) in [5.74, 6) is 0. The maximum atomic E-state index is 10.5. The lowest BCUT2D eigenvalue weighted by molar-refractivity contribution is 0.538. The molecule has 76 valence electrons. The predicted octanol–water partition coefficient (Wildman–Crippen LogP) is 2.29. The van der Waals surface area contributed by atoms with Crippen LogP contribution in [0.4, 0.5) is 0 Å². The summed E-state index contributed by atoms with van der Waals surface area (Å²) in [6.45, 7) is 6.17. The molecule has 2 aromatic carbocycles. The van der Waals surface area contributed by atoms with Crippen LogP contribution in [0.1, 0.15) is 20.8 Å². The third kappa shape index (κ3) is 3.16. The first-order valence-corrected chi connectivity index (χ1v) is 4.95. The molecule has 0 atom stereocenters. The second-order valence-corrected chi connectivity index (χ2v) is 4.46. The van der Waals surface area contributed by atoms with Gasteiger partial charge in [0.1, 0.15) is 0 Å². The molecule has 0 aliphatic rings. The summed E-state index contributed by atoms with van der Waals surface area (Å²) in [5, 5.41) is 1.79. The largest absolute Gasteiger partial charge is 0.289 e. The molecule has 2 nitrogen and oxygen atoms in total. The van der Waals surface area contributed by atoms with Gasteiger partial charge in [-0.05, 0) is 20.8 Å². The van der Waals surface area contributed by atoms with Crippen LogP contribution in [-0.4, -0.2) is 5.54 Å². The van der Waals surface area contributed by atoms with Gasteiger partial charge in [0.25, 0.3) is 0 Å². The molecule has 0 spiro atoms. The van der Waals surface area contributed by atoms with Crippen molar-refractivity contribution in [3.05, 3.63) is 34.5 Å². The van der Waals surface area contributed by atoms with E-state index in [0.29, 0.717) is 0 Å². The standard InChI is InChI=1S/C7H4O.C4H11NS/c8-7-5-3-1-2-4-6(5)7;1-4(2,3)5-6/h1-4H;5-6H,1-3H3. The minimum Gasteiger partial charge on any atom is -0.289 e. The second kappa shape index (κ2) is 4.15. The minimum absolute atomic E-state index is 0.156. The molecular weight excluding hydrogens is 194 g/mol. The van der Waals surface area contributed by atoms with E-state index in [9.17, 15) is 4.79 Å². The number of thiol groups is 1. The van der Waals surface area contributed by atoms with Crippen LogP contribution in [0.3, 0.4) is 0 Å². The third-order valence-corrected chi connectivity index (χ3v) is 2.36. The lowest BCUT2D eigenvalue weighted by Gasteiger charge is -2.14. The Labute approximate surface area is 89.5 Å². The highest BCUT2D eigenvalue weighted by Crippen LogP contribution is 2.11. The van der Waals surface area contributed by atoms with E-state index in [-0.39, 0.29) is 11.0 Å². The molecule has 0 saturated carbocycles. The number of benzene rings is 1. The minimum atomic E-state index is 0.156. The van der Waals surface area contributed by atoms with Gasteiger partial charge in [-0.3, -0.25) is 9.52 Å². The van der Waals surface area contributed by atoms with Crippen molar-refractivity contribution in [2.24, 2.45) is 0 Å². The molecule has 2 rings (SSSR count). The molecule has 0 aromatic heterocycles. The maximum Gasteiger partial charge on any atom is 0.194 e. The van der Waals surface area contributed by atoms with Crippen molar-refractivity contribution in [2.45, 2.75) is 26.3 Å². The van der Waals surface area contributed by atoms with E-state index in [1.165, 1.54) is 0 Å². The molecule has 0 aliphatic carbocycles. The van der Waals surface area contributed by atoms with Crippen LogP contribution in [0.2, 0.25) is 0 Å². The van der Waals surface area contributed by atoms with Gasteiger partial charge in [0.15, 0.2) is 5.43 Å². The zero-order valence-electron chi connectivity index (χ0n) is 8.66. The van der Waals surface area contributed by atoms with E-state index < -0.39 is 0 Å². The van der Waals surface area contributed by atoms with Gasteiger partial charge in [0.2, 0.25) is 0 Å². The van der Waals surface area contributed by atoms with Gasteiger partial charge in [-0.1, -0.05) is 37.1 Å². The van der Waals surface area contributed by atoms with Crippen molar-refractivity contribution >= 4 is 23.6 Å². The monoisotopic (exact) mass is 209 g/mol. The highest BCUT2D eigenvalue weighted by atomic mass is 32.1. The summed E-state index contributed by atoms with van der Waals surface area (Å²) in [6, 6.07) is 7.45. The van der Waals surface area contributed by atoms with Crippen LogP contribution < -0.4 is 10.2 Å². The van der Waals surface area contributed by atoms with E-state index in [2.05, 4.69) is 38.3 Å². The molecule has 2 aromatic rings. The smallest absolute Gasteiger partial charge is 0.194 e. The molecule has 0 amide bonds. The highest BCUT2D eigenvalue weighted by molar-refractivity contribution is 7.78. The Kier molecular flexibility index (Phi) is 3.34. The van der Waals surface area contributed by atoms with Gasteiger partial charge >= 0.3 is 0 Å². The van der Waals surface area contributed by atoms with Gasteiger partial charge < -0.3 is 0 Å². The number of nitrogens with one attached hydrogen (secondary N) is 1. The van der Waals surface area contributed by atoms with Gasteiger partial charge in [-0.25, -0.2) is 0 Å². The van der Waals surface area contributed by atoms with E-state index in [1.54, 1.807) is 0 Å². The zero-order chi connectivity index (χ0) is 10.8. The Morgan fingerprint density at radius 1 is 1.14 bits per heavy atom. The van der Waals surface area contributed by atoms with Crippen molar-refractivity contribution in [3.8, 4) is 0 Å². The Morgan fingerprint density at radius 3 is 1.71 bits per heavy atom. The van der Waals surface area contributed by atoms with E-state index in [0.717, 1.165) is 10.8 Å². The second-order valence-electron chi connectivity index (χ2n) is 4.24. The molecule has 0 fully saturated rings. The Hall–Kier alpha value is -0.800. The zero-order valence-corrected chi connectivity index (χ0v) is 9.56. The quantitative estimate of drug-likeness (QED) is 0.652. The number of rotatable bonds is 0. The van der Waals surface area contributed by atoms with Crippen molar-refractivity contribution < 1.29 is 0 Å². The first-order chi connectivity index (χ1) is 6.45. The highest BCUT2D eigenvalue weighted by Gasteiger charge is 2.07. The third-order valence-electron chi connectivity index (χ3n) is 1.69. The van der Waals surface area contributed by atoms with Crippen molar-refractivity contribution in [1.82, 2.24) is 4.72 Å². The van der Waals surface area contributed by atoms with Crippen LogP contribution in [0.5, 0.6) is 0 Å². The fourth-order valence-electron chi connectivity index (χ4n) is 0.833. The summed E-state index contributed by atoms with van der Waals surface area (Å²) in [4.78, 5) is 10.5. The van der Waals surface area contributed by atoms with Crippen molar-refractivity contribution in [3.63, 3.8) is 0 Å². The van der Waals surface area contributed by atoms with E-state index in [4.69, 9.17) is 0 Å². The van der Waals surface area contributed by atoms with Gasteiger partial charge in [0, 0.05) is 16.3 Å². The molecule has 0 bridgehead atoms. The van der Waals surface area contributed by atoms with Gasteiger partial charge in [0.05, 0.1) is 0 Å². The van der Waals surface area contributed by atoms with Crippen LogP contribution in [-0.2, 0) is 0 Å². The Bertz CT molecular complexity index is 390. The molecule has 0 aliphatic heterocycles. The maximum absolute atomic E-state index is 10.5. The van der Waals surface area contributed by atoms with E-state index in [1.807, 2.05) is 24.3 Å². The molecule has 0 saturated heterocycles. The summed E-state index contributed by atoms with van der Waals surface area (Å²) in [7, 11) is 0. The number of fused-ring (bicyclic) bond motifs is 1. The first kappa shape index (κ1) is 11.3. The van der Waals surface area contributed by atoms with Gasteiger partial charge in [-0.15, -0.1) is 0 Å². The lowest BCUT2D eigenvalue weighted by atomic mass is 10.1. The van der Waals surface area contributed by atoms with Gasteiger partial charge in [-0.2, -0.15) is 0 Å². The summed E-state index contributed by atoms with van der Waals surface area (Å²) < 4.78 is 2.80. The average Bonchev–Trinajstić information content (AvgIpc) is 2.79. The first-order valence-electron chi connectivity index (χ1n) is 4.51. The molecule has 0 unspecified atom stereocenters. The van der Waals surface area contributed by atoms with Crippen LogP contribution >= 0.6 is 12.8 Å². The normalized spacial score (nSPS) is 11.4. The fraction of sp³-hybridized carbons (Fsp3) is 0.364. The summed E-state index contributed by atoms with van der Waals surface area (Å²) >= 11 is 3.85. The summed E-state index contributed by atoms with van der Waals surface area (Å²) in [5.41, 5.74) is 0.373. The lowest BCUT2D eigenvalue weighted by Crippen LogP contribution is -2.27.